The summed E-state index contributed by atoms with van der Waals surface area (Å²) in [6.07, 6.45) is 0. The lowest BCUT2D eigenvalue weighted by molar-refractivity contribution is 0.249. The fourth-order valence-electron chi connectivity index (χ4n) is 4.09. The van der Waals surface area contributed by atoms with Gasteiger partial charge in [-0.2, -0.15) is 4.52 Å². The molecule has 1 aliphatic heterocycles. The minimum absolute atomic E-state index is 0.194. The van der Waals surface area contributed by atoms with Gasteiger partial charge in [0.05, 0.1) is 0 Å². The topological polar surface area (TPSA) is 48.7 Å². The summed E-state index contributed by atoms with van der Waals surface area (Å²) in [5, 5.41) is 9.38. The Morgan fingerprint density at radius 3 is 2.15 bits per heavy atom. The number of piperazine rings is 1. The lowest BCUT2D eigenvalue weighted by atomic mass is 10.1. The first-order valence-electron chi connectivity index (χ1n) is 11.4. The second-order valence-corrected chi connectivity index (χ2v) is 10.6. The van der Waals surface area contributed by atoms with E-state index < -0.39 is 0 Å². The largest absolute Gasteiger partial charge is 0.364 e. The van der Waals surface area contributed by atoms with E-state index in [1.165, 1.54) is 24.3 Å². The van der Waals surface area contributed by atoms with Crippen molar-refractivity contribution in [1.29, 1.82) is 0 Å². The number of imidazole rings is 1. The molecule has 0 spiro atoms. The van der Waals surface area contributed by atoms with E-state index in [9.17, 15) is 8.78 Å². The van der Waals surface area contributed by atoms with Crippen LogP contribution in [-0.2, 0) is 6.54 Å². The molecule has 0 saturated carbocycles. The highest BCUT2D eigenvalue weighted by atomic mass is 32.1. The summed E-state index contributed by atoms with van der Waals surface area (Å²) in [7, 11) is 0. The highest BCUT2D eigenvalue weighted by Crippen LogP contribution is 2.35. The van der Waals surface area contributed by atoms with Gasteiger partial charge in [-0.25, -0.2) is 13.8 Å². The number of nitrogens with one attached hydrogen (secondary N) is 1. The van der Waals surface area contributed by atoms with Crippen LogP contribution in [0.4, 0.5) is 19.7 Å². The van der Waals surface area contributed by atoms with E-state index in [2.05, 4.69) is 35.9 Å². The third-order valence-electron chi connectivity index (χ3n) is 5.77. The fourth-order valence-corrected chi connectivity index (χ4v) is 5.04. The van der Waals surface area contributed by atoms with Gasteiger partial charge in [-0.15, -0.1) is 5.10 Å². The summed E-state index contributed by atoms with van der Waals surface area (Å²) in [6.45, 7) is 10.6. The van der Waals surface area contributed by atoms with Crippen molar-refractivity contribution in [1.82, 2.24) is 19.5 Å². The molecule has 0 unspecified atom stereocenters. The molecule has 0 radical (unpaired) electrons. The normalized spacial score (nSPS) is 15.3. The number of hydrogen-bond donors (Lipinski definition) is 1. The first kappa shape index (κ1) is 22.7. The molecular weight excluding hydrogens is 454 g/mol. The maximum atomic E-state index is 13.5. The Kier molecular flexibility index (Phi) is 5.99. The van der Waals surface area contributed by atoms with Gasteiger partial charge < -0.3 is 10.2 Å². The van der Waals surface area contributed by atoms with E-state index in [0.717, 1.165) is 65.5 Å². The lowest BCUT2D eigenvalue weighted by Gasteiger charge is -2.34. The van der Waals surface area contributed by atoms with E-state index in [4.69, 9.17) is 10.1 Å². The van der Waals surface area contributed by atoms with E-state index in [1.807, 2.05) is 16.6 Å². The van der Waals surface area contributed by atoms with Crippen molar-refractivity contribution in [2.45, 2.75) is 32.9 Å². The standard InChI is InChI=1S/C25H28F2N6S/c1-25(2,3)29-22-21(18-6-10-20(27)11-7-18)28-23-33(22)30-24(34-23)32-14-12-31(13-15-32)16-17-4-8-19(26)9-5-17/h4-11,29H,12-16H2,1-3H3. The molecule has 178 valence electrons. The van der Waals surface area contributed by atoms with Crippen LogP contribution < -0.4 is 10.2 Å². The van der Waals surface area contributed by atoms with E-state index in [0.29, 0.717) is 0 Å². The summed E-state index contributed by atoms with van der Waals surface area (Å²) < 4.78 is 28.5. The number of halogens is 2. The van der Waals surface area contributed by atoms with E-state index >= 15 is 0 Å². The molecule has 0 aliphatic carbocycles. The number of fused-ring (bicyclic) bond motifs is 1. The smallest absolute Gasteiger partial charge is 0.216 e. The molecule has 1 saturated heterocycles. The van der Waals surface area contributed by atoms with E-state index in [1.54, 1.807) is 23.5 Å². The molecule has 0 bridgehead atoms. The highest BCUT2D eigenvalue weighted by Gasteiger charge is 2.25. The van der Waals surface area contributed by atoms with Crippen LogP contribution in [-0.4, -0.2) is 51.2 Å². The Morgan fingerprint density at radius 1 is 0.912 bits per heavy atom. The Morgan fingerprint density at radius 2 is 1.53 bits per heavy atom. The monoisotopic (exact) mass is 482 g/mol. The second-order valence-electron chi connectivity index (χ2n) is 9.66. The number of aromatic nitrogens is 3. The van der Waals surface area contributed by atoms with Gasteiger partial charge in [0.1, 0.15) is 17.3 Å². The molecule has 2 aromatic carbocycles. The van der Waals surface area contributed by atoms with Crippen LogP contribution in [0.2, 0.25) is 0 Å². The molecule has 4 aromatic rings. The summed E-state index contributed by atoms with van der Waals surface area (Å²) in [5.41, 5.74) is 2.54. The molecule has 34 heavy (non-hydrogen) atoms. The van der Waals surface area contributed by atoms with Crippen LogP contribution in [0.15, 0.2) is 48.5 Å². The second kappa shape index (κ2) is 8.96. The number of rotatable bonds is 5. The van der Waals surface area contributed by atoms with Crippen molar-refractivity contribution >= 4 is 27.2 Å². The van der Waals surface area contributed by atoms with E-state index in [-0.39, 0.29) is 17.2 Å². The van der Waals surface area contributed by atoms with Gasteiger partial charge in [0, 0.05) is 43.8 Å². The van der Waals surface area contributed by atoms with Gasteiger partial charge in [-0.3, -0.25) is 4.90 Å². The Labute approximate surface area is 201 Å². The molecule has 5 rings (SSSR count). The molecular formula is C25H28F2N6S. The Hall–Kier alpha value is -3.04. The zero-order chi connectivity index (χ0) is 23.9. The molecule has 1 N–H and O–H groups in total. The third-order valence-corrected chi connectivity index (χ3v) is 6.74. The maximum Gasteiger partial charge on any atom is 0.216 e. The quantitative estimate of drug-likeness (QED) is 0.420. The van der Waals surface area contributed by atoms with Crippen LogP contribution >= 0.6 is 11.3 Å². The first-order valence-corrected chi connectivity index (χ1v) is 12.2. The first-order chi connectivity index (χ1) is 16.2. The predicted octanol–water partition coefficient (Wildman–Crippen LogP) is 5.27. The zero-order valence-electron chi connectivity index (χ0n) is 19.6. The Balaban J connectivity index is 1.35. The zero-order valence-corrected chi connectivity index (χ0v) is 20.4. The van der Waals surface area contributed by atoms with Gasteiger partial charge in [0.15, 0.2) is 5.82 Å². The average molecular weight is 483 g/mol. The number of hydrogen-bond acceptors (Lipinski definition) is 6. The maximum absolute atomic E-state index is 13.5. The van der Waals surface area contributed by atoms with Gasteiger partial charge >= 0.3 is 0 Å². The van der Waals surface area contributed by atoms with Gasteiger partial charge in [-0.05, 0) is 62.7 Å². The molecule has 1 aliphatic rings. The third kappa shape index (κ3) is 4.90. The summed E-state index contributed by atoms with van der Waals surface area (Å²) >= 11 is 1.56. The molecule has 0 amide bonds. The minimum atomic E-state index is -0.269. The predicted molar refractivity (Wildman–Crippen MR) is 134 cm³/mol. The van der Waals surface area contributed by atoms with Crippen molar-refractivity contribution in [2.24, 2.45) is 0 Å². The highest BCUT2D eigenvalue weighted by molar-refractivity contribution is 7.20. The van der Waals surface area contributed by atoms with Gasteiger partial charge in [0.25, 0.3) is 0 Å². The molecule has 3 heterocycles. The fraction of sp³-hybridized carbons (Fsp3) is 0.360. The number of anilines is 2. The van der Waals surface area contributed by atoms with Crippen LogP contribution in [0.3, 0.4) is 0 Å². The van der Waals surface area contributed by atoms with Crippen LogP contribution in [0.5, 0.6) is 0 Å². The lowest BCUT2D eigenvalue weighted by Crippen LogP contribution is -2.46. The molecule has 9 heteroatoms. The van der Waals surface area contributed by atoms with Crippen LogP contribution in [0, 0.1) is 11.6 Å². The minimum Gasteiger partial charge on any atom is -0.364 e. The van der Waals surface area contributed by atoms with Crippen molar-refractivity contribution in [2.75, 3.05) is 36.4 Å². The molecule has 1 fully saturated rings. The van der Waals surface area contributed by atoms with Crippen molar-refractivity contribution in [3.05, 3.63) is 65.7 Å². The van der Waals surface area contributed by atoms with Crippen molar-refractivity contribution in [3.63, 3.8) is 0 Å². The summed E-state index contributed by atoms with van der Waals surface area (Å²) in [6, 6.07) is 13.1. The number of benzene rings is 2. The summed E-state index contributed by atoms with van der Waals surface area (Å²) in [4.78, 5) is 10.3. The van der Waals surface area contributed by atoms with Crippen molar-refractivity contribution < 1.29 is 8.78 Å². The number of nitrogens with zero attached hydrogens (tertiary/aromatic N) is 5. The Bertz CT molecular complexity index is 1270. The summed E-state index contributed by atoms with van der Waals surface area (Å²) in [5.74, 6) is 0.339. The van der Waals surface area contributed by atoms with Gasteiger partial charge in [0.2, 0.25) is 10.1 Å². The molecule has 2 aromatic heterocycles. The molecule has 6 nitrogen and oxygen atoms in total. The molecule has 0 atom stereocenters. The van der Waals surface area contributed by atoms with Crippen molar-refractivity contribution in [3.8, 4) is 11.3 Å². The van der Waals surface area contributed by atoms with Gasteiger partial charge in [-0.1, -0.05) is 23.5 Å². The van der Waals surface area contributed by atoms with Crippen LogP contribution in [0.25, 0.3) is 16.2 Å². The average Bonchev–Trinajstić information content (AvgIpc) is 3.35. The van der Waals surface area contributed by atoms with Crippen LogP contribution in [0.1, 0.15) is 26.3 Å². The SMILES string of the molecule is CC(C)(C)Nc1c(-c2ccc(F)cc2)nc2sc(N3CCN(Cc4ccc(F)cc4)CC3)nn12.